The van der Waals surface area contributed by atoms with Crippen LogP contribution in [-0.4, -0.2) is 27.6 Å². The number of nitrogens with zero attached hydrogens (tertiary/aromatic N) is 1. The summed E-state index contributed by atoms with van der Waals surface area (Å²) in [5.41, 5.74) is 3.66. The van der Waals surface area contributed by atoms with Gasteiger partial charge in [0.2, 0.25) is 0 Å². The van der Waals surface area contributed by atoms with Gasteiger partial charge in [-0.05, 0) is 60.4 Å². The number of amides is 2. The van der Waals surface area contributed by atoms with Crippen molar-refractivity contribution >= 4 is 63.5 Å². The van der Waals surface area contributed by atoms with Gasteiger partial charge in [0.25, 0.3) is 11.8 Å². The normalized spacial score (nSPS) is 15.3. The minimum Gasteiger partial charge on any atom is -0.482 e. The molecule has 8 heteroatoms. The van der Waals surface area contributed by atoms with E-state index in [4.69, 9.17) is 28.6 Å². The summed E-state index contributed by atoms with van der Waals surface area (Å²) >= 11 is 13.2. The first-order valence-corrected chi connectivity index (χ1v) is 13.1. The predicted molar refractivity (Wildman–Crippen MR) is 151 cm³/mol. The Bertz CT molecular complexity index is 1310. The zero-order valence-electron chi connectivity index (χ0n) is 19.9. The number of hydrogen-bond donors (Lipinski definition) is 1. The van der Waals surface area contributed by atoms with E-state index in [1.165, 1.54) is 17.3 Å². The third kappa shape index (κ3) is 6.16. The quantitative estimate of drug-likeness (QED) is 0.251. The molecule has 0 bridgehead atoms. The maximum Gasteiger partial charge on any atom is 0.266 e. The molecule has 1 aliphatic rings. The Morgan fingerprint density at radius 3 is 2.53 bits per heavy atom. The number of benzene rings is 3. The summed E-state index contributed by atoms with van der Waals surface area (Å²) in [7, 11) is 0. The number of carbonyl (C=O) groups excluding carboxylic acids is 2. The number of halogens is 1. The second kappa shape index (κ2) is 11.7. The highest BCUT2D eigenvalue weighted by Crippen LogP contribution is 2.38. The minimum atomic E-state index is -0.282. The van der Waals surface area contributed by atoms with E-state index in [2.05, 4.69) is 12.2 Å². The molecule has 1 fully saturated rings. The summed E-state index contributed by atoms with van der Waals surface area (Å²) in [6.07, 6.45) is 2.70. The van der Waals surface area contributed by atoms with Gasteiger partial charge in [0, 0.05) is 5.69 Å². The lowest BCUT2D eigenvalue weighted by Gasteiger charge is -2.23. The van der Waals surface area contributed by atoms with E-state index in [1.807, 2.05) is 61.5 Å². The Kier molecular flexibility index (Phi) is 8.46. The van der Waals surface area contributed by atoms with Crippen LogP contribution < -0.4 is 10.1 Å². The number of rotatable bonds is 8. The van der Waals surface area contributed by atoms with Crippen LogP contribution in [0, 0.1) is 0 Å². The van der Waals surface area contributed by atoms with E-state index in [0.29, 0.717) is 25.7 Å². The van der Waals surface area contributed by atoms with Crippen LogP contribution >= 0.6 is 35.6 Å². The molecule has 0 radical (unpaired) electrons. The summed E-state index contributed by atoms with van der Waals surface area (Å²) in [5, 5.41) is 3.15. The first-order valence-electron chi connectivity index (χ1n) is 11.5. The molecule has 4 rings (SSSR count). The van der Waals surface area contributed by atoms with Crippen molar-refractivity contribution in [1.29, 1.82) is 0 Å². The molecule has 0 spiro atoms. The first kappa shape index (κ1) is 25.9. The van der Waals surface area contributed by atoms with Crippen LogP contribution in [0.25, 0.3) is 6.08 Å². The van der Waals surface area contributed by atoms with Gasteiger partial charge < -0.3 is 10.1 Å². The van der Waals surface area contributed by atoms with E-state index in [9.17, 15) is 9.59 Å². The highest BCUT2D eigenvalue weighted by Gasteiger charge is 2.35. The van der Waals surface area contributed by atoms with Gasteiger partial charge in [0.05, 0.1) is 16.0 Å². The van der Waals surface area contributed by atoms with Crippen molar-refractivity contribution in [3.8, 4) is 5.75 Å². The largest absolute Gasteiger partial charge is 0.482 e. The fourth-order valence-corrected chi connectivity index (χ4v) is 5.40. The smallest absolute Gasteiger partial charge is 0.266 e. The molecular weight excluding hydrogens is 512 g/mol. The maximum atomic E-state index is 13.1. The second-order valence-corrected chi connectivity index (χ2v) is 10.3. The van der Waals surface area contributed by atoms with Gasteiger partial charge in [-0.2, -0.15) is 0 Å². The Hall–Kier alpha value is -3.13. The predicted octanol–water partition coefficient (Wildman–Crippen LogP) is 6.88. The minimum absolute atomic E-state index is 0.138. The molecule has 184 valence electrons. The van der Waals surface area contributed by atoms with E-state index in [0.717, 1.165) is 17.5 Å². The molecule has 1 aliphatic heterocycles. The summed E-state index contributed by atoms with van der Waals surface area (Å²) in [6, 6.07) is 22.5. The van der Waals surface area contributed by atoms with Crippen LogP contribution in [0.15, 0.2) is 77.7 Å². The Balaban J connectivity index is 1.39. The number of thiocarbonyl (C=S) groups is 1. The monoisotopic (exact) mass is 536 g/mol. The third-order valence-electron chi connectivity index (χ3n) is 5.75. The topological polar surface area (TPSA) is 58.6 Å². The van der Waals surface area contributed by atoms with Gasteiger partial charge in [-0.25, -0.2) is 0 Å². The molecule has 0 aromatic heterocycles. The van der Waals surface area contributed by atoms with Gasteiger partial charge in [0.15, 0.2) is 6.61 Å². The van der Waals surface area contributed by atoms with Crippen LogP contribution in [0.2, 0.25) is 5.02 Å². The molecule has 3 aromatic carbocycles. The van der Waals surface area contributed by atoms with Crippen LogP contribution in [0.5, 0.6) is 5.75 Å². The fraction of sp³-hybridized carbons (Fsp3) is 0.179. The van der Waals surface area contributed by atoms with Gasteiger partial charge in [-0.1, -0.05) is 91.0 Å². The fourth-order valence-electron chi connectivity index (χ4n) is 3.73. The standard InChI is InChI=1S/C28H25ClN2O3S2/c1-3-19-9-12-22(13-10-19)30-26(32)17-34-24-14-11-20(15-23(24)29)16-25-27(33)31(28(35)36-25)18(2)21-7-5-4-6-8-21/h4-16,18H,3,17H2,1-2H3,(H,30,32)/b25-16-/t18-/m0/s1. The average Bonchev–Trinajstić information content (AvgIpc) is 3.16. The zero-order valence-corrected chi connectivity index (χ0v) is 22.3. The maximum absolute atomic E-state index is 13.1. The molecule has 1 saturated heterocycles. The molecular formula is C28H25ClN2O3S2. The van der Waals surface area contributed by atoms with Crippen LogP contribution in [0.3, 0.4) is 0 Å². The second-order valence-electron chi connectivity index (χ2n) is 8.22. The first-order chi connectivity index (χ1) is 17.4. The number of nitrogens with one attached hydrogen (secondary N) is 1. The van der Waals surface area contributed by atoms with Crippen molar-refractivity contribution in [1.82, 2.24) is 4.90 Å². The number of anilines is 1. The molecule has 1 N–H and O–H groups in total. The van der Waals surface area contributed by atoms with E-state index < -0.39 is 0 Å². The lowest BCUT2D eigenvalue weighted by atomic mass is 10.1. The van der Waals surface area contributed by atoms with E-state index >= 15 is 0 Å². The summed E-state index contributed by atoms with van der Waals surface area (Å²) < 4.78 is 6.13. The Labute approximate surface area is 225 Å². The Morgan fingerprint density at radius 1 is 1.14 bits per heavy atom. The summed E-state index contributed by atoms with van der Waals surface area (Å²) in [6.45, 7) is 3.86. The average molecular weight is 537 g/mol. The molecule has 3 aromatic rings. The van der Waals surface area contributed by atoms with Crippen molar-refractivity contribution in [2.45, 2.75) is 26.3 Å². The number of hydrogen-bond acceptors (Lipinski definition) is 5. The number of ether oxygens (including phenoxy) is 1. The number of thioether (sulfide) groups is 1. The van der Waals surface area contributed by atoms with Crippen molar-refractivity contribution in [2.24, 2.45) is 0 Å². The number of carbonyl (C=O) groups is 2. The molecule has 0 saturated carbocycles. The van der Waals surface area contributed by atoms with Crippen molar-refractivity contribution in [3.63, 3.8) is 0 Å². The van der Waals surface area contributed by atoms with Crippen LogP contribution in [0.1, 0.15) is 36.6 Å². The number of aryl methyl sites for hydroxylation is 1. The van der Waals surface area contributed by atoms with Crippen LogP contribution in [-0.2, 0) is 16.0 Å². The van der Waals surface area contributed by atoms with Crippen molar-refractivity contribution in [2.75, 3.05) is 11.9 Å². The lowest BCUT2D eigenvalue weighted by Crippen LogP contribution is -2.30. The molecule has 5 nitrogen and oxygen atoms in total. The SMILES string of the molecule is CCc1ccc(NC(=O)COc2ccc(/C=C3\SC(=S)N([C@@H](C)c4ccccc4)C3=O)cc2Cl)cc1. The Morgan fingerprint density at radius 2 is 1.86 bits per heavy atom. The molecule has 0 unspecified atom stereocenters. The lowest BCUT2D eigenvalue weighted by molar-refractivity contribution is -0.123. The highest BCUT2D eigenvalue weighted by atomic mass is 35.5. The van der Waals surface area contributed by atoms with Crippen LogP contribution in [0.4, 0.5) is 5.69 Å². The highest BCUT2D eigenvalue weighted by molar-refractivity contribution is 8.26. The van der Waals surface area contributed by atoms with Gasteiger partial charge in [-0.15, -0.1) is 0 Å². The van der Waals surface area contributed by atoms with Gasteiger partial charge in [-0.3, -0.25) is 14.5 Å². The van der Waals surface area contributed by atoms with Crippen molar-refractivity contribution in [3.05, 3.63) is 99.4 Å². The molecule has 1 atom stereocenters. The summed E-state index contributed by atoms with van der Waals surface area (Å²) in [4.78, 5) is 27.5. The van der Waals surface area contributed by atoms with Gasteiger partial charge in [0.1, 0.15) is 10.1 Å². The molecule has 1 heterocycles. The molecule has 2 amide bonds. The van der Waals surface area contributed by atoms with E-state index in [1.54, 1.807) is 29.2 Å². The van der Waals surface area contributed by atoms with E-state index in [-0.39, 0.29) is 24.5 Å². The van der Waals surface area contributed by atoms with Gasteiger partial charge >= 0.3 is 0 Å². The zero-order chi connectivity index (χ0) is 25.7. The third-order valence-corrected chi connectivity index (χ3v) is 7.38. The molecule has 36 heavy (non-hydrogen) atoms. The molecule has 0 aliphatic carbocycles. The van der Waals surface area contributed by atoms with Crippen molar-refractivity contribution < 1.29 is 14.3 Å². The summed E-state index contributed by atoms with van der Waals surface area (Å²) in [5.74, 6) is -0.0346.